The van der Waals surface area contributed by atoms with Crippen LogP contribution in [0.25, 0.3) is 0 Å². The van der Waals surface area contributed by atoms with Crippen molar-refractivity contribution in [3.05, 3.63) is 12.2 Å². The molecule has 0 heterocycles. The van der Waals surface area contributed by atoms with Crippen molar-refractivity contribution < 1.29 is 19.8 Å². The Balaban J connectivity index is 1.59. The van der Waals surface area contributed by atoms with Gasteiger partial charge in [0, 0.05) is 24.7 Å². The molecule has 0 saturated heterocycles. The van der Waals surface area contributed by atoms with Gasteiger partial charge in [-0.1, -0.05) is 39.8 Å². The number of rotatable bonds is 5. The highest BCUT2D eigenvalue weighted by molar-refractivity contribution is 5.96. The van der Waals surface area contributed by atoms with E-state index in [9.17, 15) is 19.8 Å². The maximum atomic E-state index is 13.3. The molecule has 0 aromatic rings. The van der Waals surface area contributed by atoms with Crippen LogP contribution in [0.15, 0.2) is 12.2 Å². The third-order valence-corrected chi connectivity index (χ3v) is 11.2. The van der Waals surface area contributed by atoms with Gasteiger partial charge in [-0.25, -0.2) is 0 Å². The molecule has 0 amide bonds. The van der Waals surface area contributed by atoms with E-state index < -0.39 is 17.1 Å². The lowest BCUT2D eigenvalue weighted by Gasteiger charge is -2.63. The Labute approximate surface area is 194 Å². The first-order valence-corrected chi connectivity index (χ1v) is 13.0. The number of carbonyl (C=O) groups excluding carboxylic acids is 2. The topological polar surface area (TPSA) is 74.6 Å². The molecule has 180 valence electrons. The Kier molecular flexibility index (Phi) is 6.07. The van der Waals surface area contributed by atoms with Crippen LogP contribution in [-0.2, 0) is 9.59 Å². The van der Waals surface area contributed by atoms with Crippen LogP contribution < -0.4 is 0 Å². The van der Waals surface area contributed by atoms with E-state index >= 15 is 0 Å². The molecule has 4 saturated carbocycles. The Morgan fingerprint density at radius 1 is 1.16 bits per heavy atom. The van der Waals surface area contributed by atoms with Crippen LogP contribution in [-0.4, -0.2) is 33.5 Å². The van der Waals surface area contributed by atoms with Gasteiger partial charge in [-0.3, -0.25) is 9.59 Å². The molecule has 2 N–H and O–H groups in total. The summed E-state index contributed by atoms with van der Waals surface area (Å²) < 4.78 is 0. The first-order valence-electron chi connectivity index (χ1n) is 13.0. The lowest BCUT2D eigenvalue weighted by Crippen LogP contribution is -2.68. The van der Waals surface area contributed by atoms with Gasteiger partial charge in [0.05, 0.1) is 6.10 Å². The summed E-state index contributed by atoms with van der Waals surface area (Å²) in [5.74, 6) is 1.99. The van der Waals surface area contributed by atoms with Gasteiger partial charge in [0.2, 0.25) is 0 Å². The van der Waals surface area contributed by atoms with E-state index in [0.29, 0.717) is 49.4 Å². The molecule has 4 fully saturated rings. The fraction of sp³-hybridized carbons (Fsp3) is 0.857. The van der Waals surface area contributed by atoms with Gasteiger partial charge in [0.1, 0.15) is 11.4 Å². The summed E-state index contributed by atoms with van der Waals surface area (Å²) in [5.41, 5.74) is -1.09. The average molecular weight is 445 g/mol. The molecule has 4 heteroatoms. The zero-order chi connectivity index (χ0) is 23.6. The molecule has 32 heavy (non-hydrogen) atoms. The molecule has 0 bridgehead atoms. The first-order chi connectivity index (χ1) is 14.9. The highest BCUT2D eigenvalue weighted by Gasteiger charge is 2.69. The van der Waals surface area contributed by atoms with Crippen LogP contribution in [0.3, 0.4) is 0 Å². The Hall–Kier alpha value is -1.00. The monoisotopic (exact) mass is 444 g/mol. The quantitative estimate of drug-likeness (QED) is 0.578. The zero-order valence-corrected chi connectivity index (χ0v) is 20.8. The minimum Gasteiger partial charge on any atom is -0.393 e. The van der Waals surface area contributed by atoms with Crippen LogP contribution in [0, 0.1) is 46.3 Å². The molecule has 4 rings (SSSR count). The number of allylic oxidation sites excluding steroid dienone is 1. The van der Waals surface area contributed by atoms with E-state index in [1.54, 1.807) is 0 Å². The molecule has 2 unspecified atom stereocenters. The lowest BCUT2D eigenvalue weighted by atomic mass is 9.42. The van der Waals surface area contributed by atoms with Gasteiger partial charge in [0.15, 0.2) is 5.78 Å². The summed E-state index contributed by atoms with van der Waals surface area (Å²) in [6, 6.07) is 0. The van der Waals surface area contributed by atoms with E-state index in [2.05, 4.69) is 34.3 Å². The van der Waals surface area contributed by atoms with E-state index in [4.69, 9.17) is 0 Å². The summed E-state index contributed by atoms with van der Waals surface area (Å²) in [7, 11) is 0. The fourth-order valence-corrected chi connectivity index (χ4v) is 8.72. The molecule has 4 aliphatic rings. The SMILES string of the molecule is C=C(C)[C@@H](C)CC[C@@H](C)[C@H]1CC[C@H]2[C@@H]3CC(=O)C4(O)CC(=O)CC[C@]4(C)[C@H]3CC(O)[C@]12C. The molecule has 0 aromatic carbocycles. The second kappa shape index (κ2) is 8.05. The molecule has 0 spiro atoms. The van der Waals surface area contributed by atoms with E-state index in [-0.39, 0.29) is 35.2 Å². The number of aliphatic hydroxyl groups excluding tert-OH is 1. The number of aliphatic hydroxyl groups is 2. The maximum Gasteiger partial charge on any atom is 0.165 e. The van der Waals surface area contributed by atoms with Crippen molar-refractivity contribution in [2.75, 3.05) is 0 Å². The van der Waals surface area contributed by atoms with E-state index in [1.165, 1.54) is 5.57 Å². The molecule has 0 aromatic heterocycles. The number of carbonyl (C=O) groups is 2. The van der Waals surface area contributed by atoms with Crippen molar-refractivity contribution in [3.63, 3.8) is 0 Å². The van der Waals surface area contributed by atoms with E-state index in [0.717, 1.165) is 25.7 Å². The van der Waals surface area contributed by atoms with Crippen LogP contribution in [0.5, 0.6) is 0 Å². The molecular weight excluding hydrogens is 400 g/mol. The maximum absolute atomic E-state index is 13.3. The summed E-state index contributed by atoms with van der Waals surface area (Å²) in [4.78, 5) is 25.5. The predicted octanol–water partition coefficient (Wildman–Crippen LogP) is 5.11. The van der Waals surface area contributed by atoms with Crippen molar-refractivity contribution in [1.82, 2.24) is 0 Å². The number of hydrogen-bond donors (Lipinski definition) is 2. The molecule has 4 aliphatic carbocycles. The van der Waals surface area contributed by atoms with Crippen LogP contribution in [0.2, 0.25) is 0 Å². The zero-order valence-electron chi connectivity index (χ0n) is 20.8. The normalized spacial score (nSPS) is 47.9. The smallest absolute Gasteiger partial charge is 0.165 e. The highest BCUT2D eigenvalue weighted by atomic mass is 16.3. The fourth-order valence-electron chi connectivity index (χ4n) is 8.72. The van der Waals surface area contributed by atoms with Crippen molar-refractivity contribution in [2.24, 2.45) is 46.3 Å². The standard InChI is InChI=1S/C28H44O4/c1-16(2)17(3)7-8-18(4)21-9-10-22-20-13-25(31)28(32)15-19(29)11-12-26(28,5)23(20)14-24(30)27(21,22)6/h17-18,20-24,30,32H,1,7-15H2,2-6H3/t17-,18+,20-,21+,22-,23-,24?,26+,27+,28?/m0/s1. The van der Waals surface area contributed by atoms with Crippen LogP contribution in [0.1, 0.15) is 92.4 Å². The lowest BCUT2D eigenvalue weighted by molar-refractivity contribution is -0.217. The largest absolute Gasteiger partial charge is 0.393 e. The van der Waals surface area contributed by atoms with Crippen LogP contribution >= 0.6 is 0 Å². The van der Waals surface area contributed by atoms with Gasteiger partial charge < -0.3 is 10.2 Å². The minimum absolute atomic E-state index is 0.00304. The van der Waals surface area contributed by atoms with Gasteiger partial charge in [-0.2, -0.15) is 0 Å². The number of hydrogen-bond acceptors (Lipinski definition) is 4. The predicted molar refractivity (Wildman–Crippen MR) is 126 cm³/mol. The summed E-state index contributed by atoms with van der Waals surface area (Å²) in [6.45, 7) is 15.1. The first kappa shape index (κ1) is 24.1. The van der Waals surface area contributed by atoms with Gasteiger partial charge in [-0.05, 0) is 86.4 Å². The van der Waals surface area contributed by atoms with Gasteiger partial charge in [-0.15, -0.1) is 0 Å². The highest BCUT2D eigenvalue weighted by Crippen LogP contribution is 2.68. The summed E-state index contributed by atoms with van der Waals surface area (Å²) >= 11 is 0. The second-order valence-electron chi connectivity index (χ2n) is 12.6. The van der Waals surface area contributed by atoms with Gasteiger partial charge >= 0.3 is 0 Å². The Bertz CT molecular complexity index is 803. The average Bonchev–Trinajstić information content (AvgIpc) is 3.08. The van der Waals surface area contributed by atoms with Crippen molar-refractivity contribution in [3.8, 4) is 0 Å². The summed E-state index contributed by atoms with van der Waals surface area (Å²) in [5, 5.41) is 23.1. The van der Waals surface area contributed by atoms with Crippen LogP contribution in [0.4, 0.5) is 0 Å². The van der Waals surface area contributed by atoms with Crippen molar-refractivity contribution in [2.45, 2.75) is 104 Å². The number of ketones is 2. The third kappa shape index (κ3) is 3.30. The Morgan fingerprint density at radius 2 is 1.84 bits per heavy atom. The number of Topliss-reactive ketones (excluding diaryl/α,β-unsaturated/α-hetero) is 2. The molecular formula is C28H44O4. The minimum atomic E-state index is -1.54. The molecule has 4 nitrogen and oxygen atoms in total. The van der Waals surface area contributed by atoms with Crippen molar-refractivity contribution >= 4 is 11.6 Å². The number of fused-ring (bicyclic) bond motifs is 5. The van der Waals surface area contributed by atoms with Gasteiger partial charge in [0.25, 0.3) is 0 Å². The third-order valence-electron chi connectivity index (χ3n) is 11.2. The van der Waals surface area contributed by atoms with Crippen molar-refractivity contribution in [1.29, 1.82) is 0 Å². The Morgan fingerprint density at radius 3 is 2.50 bits per heavy atom. The molecule has 0 aliphatic heterocycles. The second-order valence-corrected chi connectivity index (χ2v) is 12.6. The molecule has 0 radical (unpaired) electrons. The molecule has 10 atom stereocenters. The summed E-state index contributed by atoms with van der Waals surface area (Å²) in [6.07, 6.45) is 5.98. The van der Waals surface area contributed by atoms with E-state index in [1.807, 2.05) is 6.92 Å².